The molecule has 1 fully saturated rings. The first kappa shape index (κ1) is 16.0. The Balaban J connectivity index is 1.78. The minimum atomic E-state index is -0.481. The van der Waals surface area contributed by atoms with Crippen LogP contribution < -0.4 is 10.1 Å². The van der Waals surface area contributed by atoms with Crippen LogP contribution in [-0.2, 0) is 0 Å². The Morgan fingerprint density at radius 2 is 2.00 bits per heavy atom. The van der Waals surface area contributed by atoms with E-state index in [-0.39, 0.29) is 17.7 Å². The molecule has 1 aliphatic carbocycles. The lowest BCUT2D eigenvalue weighted by atomic mass is 9.85. The Morgan fingerprint density at radius 1 is 1.26 bits per heavy atom. The zero-order valence-electron chi connectivity index (χ0n) is 14.1. The molecule has 1 aliphatic heterocycles. The molecule has 0 saturated heterocycles. The van der Waals surface area contributed by atoms with Crippen LogP contribution in [-0.4, -0.2) is 23.3 Å². The highest BCUT2D eigenvalue weighted by molar-refractivity contribution is 6.03. The standard InChI is InChI=1S/C19H25NO3/c1-12-6-4-5-7-15(12)20-18(22)13-8-9-17-14(10-13)16(21)11-19(2,3)23-17/h8-10,12,15H,4-7,11H2,1-3H3,(H,20,22). The van der Waals surface area contributed by atoms with Crippen LogP contribution in [0, 0.1) is 5.92 Å². The molecule has 1 amide bonds. The van der Waals surface area contributed by atoms with Gasteiger partial charge in [-0.3, -0.25) is 9.59 Å². The average molecular weight is 315 g/mol. The van der Waals surface area contributed by atoms with Gasteiger partial charge in [0.05, 0.1) is 12.0 Å². The van der Waals surface area contributed by atoms with Crippen molar-refractivity contribution in [1.29, 1.82) is 0 Å². The number of ether oxygens (including phenoxy) is 1. The number of fused-ring (bicyclic) bond motifs is 1. The van der Waals surface area contributed by atoms with Gasteiger partial charge in [0, 0.05) is 11.6 Å². The number of carbonyl (C=O) groups is 2. The van der Waals surface area contributed by atoms with Crippen molar-refractivity contribution in [3.05, 3.63) is 29.3 Å². The van der Waals surface area contributed by atoms with Crippen molar-refractivity contribution >= 4 is 11.7 Å². The Kier molecular flexibility index (Phi) is 4.17. The van der Waals surface area contributed by atoms with Crippen LogP contribution in [0.15, 0.2) is 18.2 Å². The minimum Gasteiger partial charge on any atom is -0.487 e. The first-order valence-corrected chi connectivity index (χ1v) is 8.53. The summed E-state index contributed by atoms with van der Waals surface area (Å²) in [7, 11) is 0. The first-order valence-electron chi connectivity index (χ1n) is 8.53. The second-order valence-corrected chi connectivity index (χ2v) is 7.51. The monoisotopic (exact) mass is 315 g/mol. The molecule has 4 nitrogen and oxygen atoms in total. The third-order valence-electron chi connectivity index (χ3n) is 4.94. The molecule has 1 N–H and O–H groups in total. The van der Waals surface area contributed by atoms with Gasteiger partial charge in [-0.2, -0.15) is 0 Å². The van der Waals surface area contributed by atoms with E-state index in [1.165, 1.54) is 12.8 Å². The summed E-state index contributed by atoms with van der Waals surface area (Å²) >= 11 is 0. The number of rotatable bonds is 2. The van der Waals surface area contributed by atoms with Crippen LogP contribution in [0.1, 0.15) is 73.6 Å². The Bertz CT molecular complexity index is 636. The Labute approximate surface area is 137 Å². The van der Waals surface area contributed by atoms with Gasteiger partial charge in [-0.05, 0) is 50.8 Å². The maximum absolute atomic E-state index is 12.5. The van der Waals surface area contributed by atoms with E-state index in [4.69, 9.17) is 4.74 Å². The van der Waals surface area contributed by atoms with E-state index in [0.29, 0.717) is 29.2 Å². The number of nitrogens with one attached hydrogen (secondary N) is 1. The van der Waals surface area contributed by atoms with Gasteiger partial charge in [0.1, 0.15) is 11.4 Å². The third kappa shape index (κ3) is 3.41. The van der Waals surface area contributed by atoms with E-state index in [1.54, 1.807) is 18.2 Å². The molecule has 1 heterocycles. The van der Waals surface area contributed by atoms with E-state index in [1.807, 2.05) is 13.8 Å². The zero-order valence-corrected chi connectivity index (χ0v) is 14.1. The normalized spacial score (nSPS) is 26.1. The maximum atomic E-state index is 12.5. The minimum absolute atomic E-state index is 0.0388. The molecule has 1 aromatic rings. The highest BCUT2D eigenvalue weighted by atomic mass is 16.5. The number of carbonyl (C=O) groups excluding carboxylic acids is 2. The van der Waals surface area contributed by atoms with Crippen LogP contribution in [0.5, 0.6) is 5.75 Å². The molecular weight excluding hydrogens is 290 g/mol. The summed E-state index contributed by atoms with van der Waals surface area (Å²) in [5.74, 6) is 1.03. The van der Waals surface area contributed by atoms with Gasteiger partial charge >= 0.3 is 0 Å². The SMILES string of the molecule is CC1CCCCC1NC(=O)c1ccc2c(c1)C(=O)CC(C)(C)O2. The summed E-state index contributed by atoms with van der Waals surface area (Å²) in [5.41, 5.74) is 0.581. The van der Waals surface area contributed by atoms with E-state index in [9.17, 15) is 9.59 Å². The van der Waals surface area contributed by atoms with E-state index >= 15 is 0 Å². The highest BCUT2D eigenvalue weighted by Crippen LogP contribution is 2.33. The lowest BCUT2D eigenvalue weighted by Gasteiger charge is -2.32. The third-order valence-corrected chi connectivity index (χ3v) is 4.94. The van der Waals surface area contributed by atoms with Crippen molar-refractivity contribution in [2.45, 2.75) is 64.5 Å². The summed E-state index contributed by atoms with van der Waals surface area (Å²) in [6.45, 7) is 5.99. The predicted molar refractivity (Wildman–Crippen MR) is 89.0 cm³/mol. The topological polar surface area (TPSA) is 55.4 Å². The Hall–Kier alpha value is -1.84. The second-order valence-electron chi connectivity index (χ2n) is 7.51. The number of Topliss-reactive ketones (excluding diaryl/α,β-unsaturated/α-hetero) is 1. The number of benzene rings is 1. The lowest BCUT2D eigenvalue weighted by molar-refractivity contribution is 0.0620. The Morgan fingerprint density at radius 3 is 2.74 bits per heavy atom. The van der Waals surface area contributed by atoms with Gasteiger partial charge in [-0.1, -0.05) is 19.8 Å². The molecule has 2 aliphatic rings. The summed E-state index contributed by atoms with van der Waals surface area (Å²) < 4.78 is 5.84. The van der Waals surface area contributed by atoms with Crippen LogP contribution in [0.25, 0.3) is 0 Å². The molecule has 0 aromatic heterocycles. The van der Waals surface area contributed by atoms with Crippen molar-refractivity contribution in [1.82, 2.24) is 5.32 Å². The van der Waals surface area contributed by atoms with Crippen LogP contribution in [0.4, 0.5) is 0 Å². The highest BCUT2D eigenvalue weighted by Gasteiger charge is 2.33. The van der Waals surface area contributed by atoms with Crippen molar-refractivity contribution in [3.8, 4) is 5.75 Å². The molecular formula is C19H25NO3. The number of hydrogen-bond acceptors (Lipinski definition) is 3. The molecule has 2 atom stereocenters. The summed E-state index contributed by atoms with van der Waals surface area (Å²) in [6, 6.07) is 5.40. The fourth-order valence-corrected chi connectivity index (χ4v) is 3.58. The fourth-order valence-electron chi connectivity index (χ4n) is 3.58. The second kappa shape index (κ2) is 5.99. The first-order chi connectivity index (χ1) is 10.9. The lowest BCUT2D eigenvalue weighted by Crippen LogP contribution is -2.41. The van der Waals surface area contributed by atoms with Crippen LogP contribution in [0.2, 0.25) is 0 Å². The molecule has 23 heavy (non-hydrogen) atoms. The number of amides is 1. The fraction of sp³-hybridized carbons (Fsp3) is 0.579. The molecule has 0 spiro atoms. The van der Waals surface area contributed by atoms with E-state index < -0.39 is 5.60 Å². The summed E-state index contributed by atoms with van der Waals surface area (Å²) in [6.07, 6.45) is 4.95. The van der Waals surface area contributed by atoms with Crippen LogP contribution in [0.3, 0.4) is 0 Å². The van der Waals surface area contributed by atoms with Crippen LogP contribution >= 0.6 is 0 Å². The molecule has 0 bridgehead atoms. The molecule has 3 rings (SSSR count). The van der Waals surface area contributed by atoms with E-state index in [2.05, 4.69) is 12.2 Å². The number of ketones is 1. The van der Waals surface area contributed by atoms with Crippen molar-refractivity contribution in [2.24, 2.45) is 5.92 Å². The molecule has 1 saturated carbocycles. The van der Waals surface area contributed by atoms with Gasteiger partial charge in [-0.25, -0.2) is 0 Å². The molecule has 124 valence electrons. The van der Waals surface area contributed by atoms with E-state index in [0.717, 1.165) is 12.8 Å². The zero-order chi connectivity index (χ0) is 16.6. The molecule has 2 unspecified atom stereocenters. The summed E-state index contributed by atoms with van der Waals surface area (Å²) in [4.78, 5) is 24.8. The molecule has 0 radical (unpaired) electrons. The van der Waals surface area contributed by atoms with Gasteiger partial charge in [0.25, 0.3) is 5.91 Å². The van der Waals surface area contributed by atoms with Gasteiger partial charge < -0.3 is 10.1 Å². The van der Waals surface area contributed by atoms with Gasteiger partial charge in [0.15, 0.2) is 5.78 Å². The largest absolute Gasteiger partial charge is 0.487 e. The molecule has 1 aromatic carbocycles. The average Bonchev–Trinajstić information content (AvgIpc) is 2.48. The van der Waals surface area contributed by atoms with Gasteiger partial charge in [0.2, 0.25) is 0 Å². The van der Waals surface area contributed by atoms with Crippen molar-refractivity contribution in [2.75, 3.05) is 0 Å². The predicted octanol–water partition coefficient (Wildman–Crippen LogP) is 3.74. The number of hydrogen-bond donors (Lipinski definition) is 1. The molecule has 4 heteroatoms. The quantitative estimate of drug-likeness (QED) is 0.904. The van der Waals surface area contributed by atoms with Gasteiger partial charge in [-0.15, -0.1) is 0 Å². The van der Waals surface area contributed by atoms with Crippen molar-refractivity contribution < 1.29 is 14.3 Å². The van der Waals surface area contributed by atoms with Crippen molar-refractivity contribution in [3.63, 3.8) is 0 Å². The maximum Gasteiger partial charge on any atom is 0.251 e. The smallest absolute Gasteiger partial charge is 0.251 e. The summed E-state index contributed by atoms with van der Waals surface area (Å²) in [5, 5.41) is 3.13.